The zero-order valence-corrected chi connectivity index (χ0v) is 25.3. The number of nitrogen functional groups attached to an aromatic ring is 1. The van der Waals surface area contributed by atoms with E-state index in [4.69, 9.17) is 25.3 Å². The fourth-order valence-electron chi connectivity index (χ4n) is 6.02. The molecule has 0 radical (unpaired) electrons. The summed E-state index contributed by atoms with van der Waals surface area (Å²) in [4.78, 5) is 30.3. The van der Waals surface area contributed by atoms with Crippen LogP contribution in [0.3, 0.4) is 0 Å². The first kappa shape index (κ1) is 29.7. The summed E-state index contributed by atoms with van der Waals surface area (Å²) in [6.07, 6.45) is 6.10. The minimum absolute atomic E-state index is 0.0368. The molecule has 6 rings (SSSR count). The first-order chi connectivity index (χ1) is 21.1. The van der Waals surface area contributed by atoms with E-state index in [1.165, 1.54) is 9.52 Å². The number of amides is 2. The van der Waals surface area contributed by atoms with Gasteiger partial charge in [-0.1, -0.05) is 18.2 Å². The molecular formula is C29H34N8O6S. The quantitative estimate of drug-likeness (QED) is 0.262. The van der Waals surface area contributed by atoms with Gasteiger partial charge in [-0.3, -0.25) is 20.0 Å². The van der Waals surface area contributed by atoms with E-state index in [2.05, 4.69) is 10.5 Å². The van der Waals surface area contributed by atoms with Crippen molar-refractivity contribution in [2.45, 2.75) is 48.5 Å². The number of nitrogens with two attached hydrogens (primary N) is 1. The molecule has 1 aliphatic heterocycles. The van der Waals surface area contributed by atoms with Gasteiger partial charge in [0, 0.05) is 31.9 Å². The van der Waals surface area contributed by atoms with Crippen molar-refractivity contribution < 1.29 is 27.5 Å². The van der Waals surface area contributed by atoms with Gasteiger partial charge in [-0.05, 0) is 43.9 Å². The Morgan fingerprint density at radius 2 is 1.91 bits per heavy atom. The summed E-state index contributed by atoms with van der Waals surface area (Å²) in [5, 5.41) is 10.4. The highest BCUT2D eigenvalue weighted by Gasteiger charge is 2.47. The number of para-hydroxylation sites is 1. The molecule has 3 N–H and O–H groups in total. The number of ether oxygens (including phenoxy) is 2. The summed E-state index contributed by atoms with van der Waals surface area (Å²) < 4.78 is 40.5. The van der Waals surface area contributed by atoms with Crippen LogP contribution in [-0.4, -0.2) is 88.3 Å². The number of carbonyl (C=O) groups excluding carboxylic acids is 2. The van der Waals surface area contributed by atoms with Crippen molar-refractivity contribution >= 4 is 33.1 Å². The largest absolute Gasteiger partial charge is 0.382 e. The molecule has 3 aromatic heterocycles. The minimum atomic E-state index is -3.81. The Morgan fingerprint density at radius 1 is 1.16 bits per heavy atom. The number of hydrogen-bond acceptors (Lipinski definition) is 10. The van der Waals surface area contributed by atoms with Crippen molar-refractivity contribution in [2.75, 3.05) is 38.9 Å². The van der Waals surface area contributed by atoms with E-state index in [0.717, 1.165) is 11.9 Å². The highest BCUT2D eigenvalue weighted by Crippen LogP contribution is 2.44. The van der Waals surface area contributed by atoms with Crippen LogP contribution in [0.25, 0.3) is 22.6 Å². The molecule has 0 spiro atoms. The van der Waals surface area contributed by atoms with Crippen molar-refractivity contribution in [3.8, 4) is 16.9 Å². The number of nitrogens with zero attached hydrogens (tertiary/aromatic N) is 6. The van der Waals surface area contributed by atoms with Crippen molar-refractivity contribution in [1.82, 2.24) is 34.8 Å². The molecule has 2 amide bonds. The Kier molecular flexibility index (Phi) is 7.86. The second kappa shape index (κ2) is 11.6. The van der Waals surface area contributed by atoms with Crippen LogP contribution in [-0.2, 0) is 28.9 Å². The van der Waals surface area contributed by atoms with Gasteiger partial charge in [0.2, 0.25) is 5.91 Å². The highest BCUT2D eigenvalue weighted by atomic mass is 32.2. The third-order valence-electron chi connectivity index (χ3n) is 8.22. The molecule has 1 saturated heterocycles. The van der Waals surface area contributed by atoms with Crippen molar-refractivity contribution in [1.29, 1.82) is 0 Å². The van der Waals surface area contributed by atoms with Crippen molar-refractivity contribution in [2.24, 2.45) is 0 Å². The van der Waals surface area contributed by atoms with E-state index >= 15 is 0 Å². The van der Waals surface area contributed by atoms with Crippen LogP contribution in [0.5, 0.6) is 0 Å². The maximum Gasteiger partial charge on any atom is 0.273 e. The third-order valence-corrected chi connectivity index (χ3v) is 9.38. The maximum absolute atomic E-state index is 13.6. The van der Waals surface area contributed by atoms with Gasteiger partial charge >= 0.3 is 0 Å². The Labute approximate surface area is 254 Å². The Bertz CT molecular complexity index is 1810. The summed E-state index contributed by atoms with van der Waals surface area (Å²) in [6.45, 7) is 0.741. The smallest absolute Gasteiger partial charge is 0.273 e. The number of aromatic nitrogens is 5. The predicted octanol–water partition coefficient (Wildman–Crippen LogP) is 1.89. The molecule has 1 aliphatic carbocycles. The molecule has 0 atom stereocenters. The van der Waals surface area contributed by atoms with E-state index in [9.17, 15) is 18.0 Å². The normalized spacial score (nSPS) is 20.7. The summed E-state index contributed by atoms with van der Waals surface area (Å²) in [7, 11) is -2.27. The number of sulfone groups is 1. The summed E-state index contributed by atoms with van der Waals surface area (Å²) >= 11 is 0. The third kappa shape index (κ3) is 5.42. The second-order valence-electron chi connectivity index (χ2n) is 11.1. The van der Waals surface area contributed by atoms with Crippen molar-refractivity contribution in [3.05, 3.63) is 54.5 Å². The number of rotatable bonds is 9. The molecule has 2 aliphatic rings. The second-order valence-corrected chi connectivity index (χ2v) is 13.1. The van der Waals surface area contributed by atoms with Crippen LogP contribution in [0.2, 0.25) is 0 Å². The van der Waals surface area contributed by atoms with Crippen LogP contribution in [0.4, 0.5) is 5.82 Å². The van der Waals surface area contributed by atoms with Crippen LogP contribution < -0.4 is 11.2 Å². The maximum atomic E-state index is 13.6. The molecule has 1 saturated carbocycles. The lowest BCUT2D eigenvalue weighted by atomic mass is 9.76. The lowest BCUT2D eigenvalue weighted by molar-refractivity contribution is -0.168. The van der Waals surface area contributed by atoms with Crippen LogP contribution in [0.15, 0.2) is 53.7 Å². The zero-order valence-electron chi connectivity index (χ0n) is 24.5. The van der Waals surface area contributed by atoms with E-state index in [1.807, 2.05) is 42.6 Å². The molecule has 4 aromatic rings. The lowest BCUT2D eigenvalue weighted by Crippen LogP contribution is -2.55. The number of anilines is 1. The Hall–Kier alpha value is -4.34. The molecule has 14 nitrogen and oxygen atoms in total. The first-order valence-corrected chi connectivity index (χ1v) is 16.2. The van der Waals surface area contributed by atoms with Gasteiger partial charge in [-0.25, -0.2) is 18.1 Å². The number of fused-ring (bicyclic) bond motifs is 1. The van der Waals surface area contributed by atoms with Gasteiger partial charge in [0.15, 0.2) is 15.5 Å². The van der Waals surface area contributed by atoms with E-state index < -0.39 is 15.4 Å². The van der Waals surface area contributed by atoms with Gasteiger partial charge in [0.05, 0.1) is 48.6 Å². The standard InChI is InChI=1S/C29H34N8O6S/c1-42-16-17-43-29(28(39)36-15-11-23(38)34-36)12-8-19(9-13-29)24-25(44(2,40)41)26(30)37-27(32-24)21(18-31-37)22-10-14-35(33-22)20-6-4-3-5-7-20/h3-7,10,14,18-19H,8-9,11-13,15-17,30H2,1-2H3,(H,34,38). The van der Waals surface area contributed by atoms with E-state index in [-0.39, 0.29) is 60.9 Å². The van der Waals surface area contributed by atoms with Gasteiger partial charge < -0.3 is 15.2 Å². The fourth-order valence-corrected chi connectivity index (χ4v) is 7.08. The number of hydrogen-bond donors (Lipinski definition) is 2. The molecule has 0 bridgehead atoms. The molecule has 2 fully saturated rings. The first-order valence-electron chi connectivity index (χ1n) is 14.3. The average Bonchev–Trinajstić information content (AvgIpc) is 3.77. The molecule has 4 heterocycles. The topological polar surface area (TPSA) is 176 Å². The van der Waals surface area contributed by atoms with Gasteiger partial charge in [-0.2, -0.15) is 14.7 Å². The van der Waals surface area contributed by atoms with Crippen LogP contribution >= 0.6 is 0 Å². The highest BCUT2D eigenvalue weighted by molar-refractivity contribution is 7.91. The van der Waals surface area contributed by atoms with Gasteiger partial charge in [0.25, 0.3) is 5.91 Å². The minimum Gasteiger partial charge on any atom is -0.382 e. The molecule has 44 heavy (non-hydrogen) atoms. The molecule has 1 aromatic carbocycles. The van der Waals surface area contributed by atoms with Gasteiger partial charge in [-0.15, -0.1) is 0 Å². The molecule has 15 heteroatoms. The number of hydrazine groups is 1. The molecule has 0 unspecified atom stereocenters. The van der Waals surface area contributed by atoms with Crippen molar-refractivity contribution in [3.63, 3.8) is 0 Å². The van der Waals surface area contributed by atoms with Crippen LogP contribution in [0.1, 0.15) is 43.7 Å². The summed E-state index contributed by atoms with van der Waals surface area (Å²) in [6, 6.07) is 11.5. The SMILES string of the molecule is COCCOC1(C(=O)N2CCC(=O)N2)CCC(c2nc3c(-c4ccn(-c5ccccc5)n4)cnn3c(N)c2S(C)(=O)=O)CC1. The molecule has 232 valence electrons. The van der Waals surface area contributed by atoms with Gasteiger partial charge in [0.1, 0.15) is 16.3 Å². The Balaban J connectivity index is 1.36. The number of nitrogens with one attached hydrogen (secondary N) is 1. The predicted molar refractivity (Wildman–Crippen MR) is 159 cm³/mol. The Morgan fingerprint density at radius 3 is 2.57 bits per heavy atom. The molecular weight excluding hydrogens is 588 g/mol. The van der Waals surface area contributed by atoms with Crippen LogP contribution in [0, 0.1) is 0 Å². The summed E-state index contributed by atoms with van der Waals surface area (Å²) in [5.41, 5.74) is 10.7. The summed E-state index contributed by atoms with van der Waals surface area (Å²) in [5.74, 6) is -0.923. The fraction of sp³-hybridized carbons (Fsp3) is 0.414. The van der Waals surface area contributed by atoms with E-state index in [1.54, 1.807) is 18.0 Å². The number of methoxy groups -OCH3 is 1. The number of benzene rings is 1. The average molecular weight is 623 g/mol. The lowest BCUT2D eigenvalue weighted by Gasteiger charge is -2.40. The number of carbonyl (C=O) groups is 2. The zero-order chi connectivity index (χ0) is 31.1. The van der Waals surface area contributed by atoms with E-state index in [0.29, 0.717) is 42.0 Å². The monoisotopic (exact) mass is 622 g/mol.